The number of unbranched alkanes of at least 4 members (excludes halogenated alkanes) is 4. The molecular weight excluding hydrogens is 420 g/mol. The Morgan fingerprint density at radius 3 is 1.73 bits per heavy atom. The van der Waals surface area contributed by atoms with Crippen molar-refractivity contribution in [3.63, 3.8) is 0 Å². The second-order valence-electron chi connectivity index (χ2n) is 9.28. The van der Waals surface area contributed by atoms with Gasteiger partial charge in [0.05, 0.1) is 46.2 Å². The maximum Gasteiger partial charge on any atom is 0.305 e. The fourth-order valence-electron chi connectivity index (χ4n) is 3.35. The Morgan fingerprint density at radius 2 is 1.15 bits per heavy atom. The van der Waals surface area contributed by atoms with Gasteiger partial charge in [0.15, 0.2) is 0 Å². The average Bonchev–Trinajstić information content (AvgIpc) is 2.80. The van der Waals surface area contributed by atoms with Crippen molar-refractivity contribution < 1.29 is 28.5 Å². The number of rotatable bonds is 26. The number of esters is 1. The van der Waals surface area contributed by atoms with E-state index in [4.69, 9.17) is 23.7 Å². The highest BCUT2D eigenvalue weighted by atomic mass is 16.6. The molecule has 1 unspecified atom stereocenters. The molecule has 0 N–H and O–H groups in total. The van der Waals surface area contributed by atoms with E-state index in [0.717, 1.165) is 19.4 Å². The largest absolute Gasteiger partial charge is 0.465 e. The van der Waals surface area contributed by atoms with Crippen molar-refractivity contribution in [1.29, 1.82) is 0 Å². The monoisotopic (exact) mass is 474 g/mol. The molecule has 0 radical (unpaired) electrons. The third-order valence-corrected chi connectivity index (χ3v) is 5.54. The van der Waals surface area contributed by atoms with Crippen LogP contribution in [0.25, 0.3) is 0 Å². The first kappa shape index (κ1) is 32.3. The molecule has 1 atom stereocenters. The number of ether oxygens (including phenoxy) is 5. The second kappa shape index (κ2) is 25.9. The normalized spacial score (nSPS) is 12.4. The maximum atomic E-state index is 12.0. The van der Waals surface area contributed by atoms with Crippen LogP contribution >= 0.6 is 0 Å². The summed E-state index contributed by atoms with van der Waals surface area (Å²) in [5.74, 6) is 1.09. The fourth-order valence-corrected chi connectivity index (χ4v) is 3.35. The molecule has 0 saturated heterocycles. The summed E-state index contributed by atoms with van der Waals surface area (Å²) in [4.78, 5) is 12.0. The summed E-state index contributed by atoms with van der Waals surface area (Å²) < 4.78 is 27.5. The van der Waals surface area contributed by atoms with Crippen molar-refractivity contribution in [3.05, 3.63) is 0 Å². The molecule has 0 aliphatic rings. The predicted molar refractivity (Wildman–Crippen MR) is 135 cm³/mol. The highest BCUT2D eigenvalue weighted by molar-refractivity contribution is 5.69. The Hall–Kier alpha value is -0.690. The quantitative estimate of drug-likeness (QED) is 0.110. The van der Waals surface area contributed by atoms with Gasteiger partial charge in [-0.05, 0) is 37.5 Å². The van der Waals surface area contributed by atoms with Crippen LogP contribution in [0.2, 0.25) is 0 Å². The van der Waals surface area contributed by atoms with Crippen molar-refractivity contribution in [3.8, 4) is 0 Å². The van der Waals surface area contributed by atoms with Gasteiger partial charge in [0.25, 0.3) is 0 Å². The molecule has 0 aromatic heterocycles. The molecule has 6 nitrogen and oxygen atoms in total. The molecule has 0 rings (SSSR count). The number of hydrogen-bond donors (Lipinski definition) is 0. The summed E-state index contributed by atoms with van der Waals surface area (Å²) in [6.45, 7) is 14.2. The predicted octanol–water partition coefficient (Wildman–Crippen LogP) is 6.20. The molecule has 0 fully saturated rings. The summed E-state index contributed by atoms with van der Waals surface area (Å²) in [7, 11) is 0. The van der Waals surface area contributed by atoms with Crippen LogP contribution in [0.4, 0.5) is 0 Å². The second-order valence-corrected chi connectivity index (χ2v) is 9.28. The molecule has 0 aliphatic carbocycles. The van der Waals surface area contributed by atoms with E-state index in [9.17, 15) is 4.79 Å². The highest BCUT2D eigenvalue weighted by Gasteiger charge is 2.12. The minimum Gasteiger partial charge on any atom is -0.465 e. The van der Waals surface area contributed by atoms with Crippen LogP contribution in [0.3, 0.4) is 0 Å². The zero-order chi connectivity index (χ0) is 24.4. The third kappa shape index (κ3) is 25.8. The molecule has 0 heterocycles. The van der Waals surface area contributed by atoms with Crippen LogP contribution in [-0.2, 0) is 28.5 Å². The standard InChI is InChI=1S/C27H54O6/c1-5-7-9-10-13-26(12-8-6-2)24-33-27(28)14-11-16-29-18-20-31-22-23-32-21-19-30-17-15-25(3)4/h25-26H,5-24H2,1-4H3. The van der Waals surface area contributed by atoms with Gasteiger partial charge in [0.1, 0.15) is 0 Å². The number of hydrogen-bond acceptors (Lipinski definition) is 6. The van der Waals surface area contributed by atoms with Gasteiger partial charge < -0.3 is 23.7 Å². The molecule has 0 spiro atoms. The lowest BCUT2D eigenvalue weighted by Crippen LogP contribution is -2.15. The molecule has 0 aliphatic heterocycles. The number of carbonyl (C=O) groups excluding carboxylic acids is 1. The van der Waals surface area contributed by atoms with Gasteiger partial charge in [-0.3, -0.25) is 4.79 Å². The molecular formula is C27H54O6. The summed E-state index contributed by atoms with van der Waals surface area (Å²) in [6.07, 6.45) is 12.0. The first-order chi connectivity index (χ1) is 16.1. The van der Waals surface area contributed by atoms with Gasteiger partial charge in [-0.2, -0.15) is 0 Å². The minimum atomic E-state index is -0.102. The van der Waals surface area contributed by atoms with Gasteiger partial charge >= 0.3 is 5.97 Å². The van der Waals surface area contributed by atoms with Crippen molar-refractivity contribution in [2.75, 3.05) is 59.5 Å². The molecule has 33 heavy (non-hydrogen) atoms. The van der Waals surface area contributed by atoms with Crippen molar-refractivity contribution >= 4 is 5.97 Å². The number of carbonyl (C=O) groups is 1. The Bertz CT molecular complexity index is 402. The summed E-state index contributed by atoms with van der Waals surface area (Å²) in [6, 6.07) is 0. The van der Waals surface area contributed by atoms with E-state index in [1.165, 1.54) is 44.9 Å². The average molecular weight is 475 g/mol. The molecule has 0 bridgehead atoms. The lowest BCUT2D eigenvalue weighted by atomic mass is 9.96. The zero-order valence-corrected chi connectivity index (χ0v) is 22.2. The molecule has 0 saturated carbocycles. The van der Waals surface area contributed by atoms with Crippen LogP contribution < -0.4 is 0 Å². The Morgan fingerprint density at radius 1 is 0.606 bits per heavy atom. The first-order valence-electron chi connectivity index (χ1n) is 13.6. The van der Waals surface area contributed by atoms with Crippen molar-refractivity contribution in [2.24, 2.45) is 11.8 Å². The topological polar surface area (TPSA) is 63.2 Å². The Kier molecular flexibility index (Phi) is 25.4. The van der Waals surface area contributed by atoms with Gasteiger partial charge in [0.2, 0.25) is 0 Å². The Labute approximate surface area is 204 Å². The van der Waals surface area contributed by atoms with Crippen LogP contribution in [0.15, 0.2) is 0 Å². The van der Waals surface area contributed by atoms with Gasteiger partial charge in [-0.25, -0.2) is 0 Å². The van der Waals surface area contributed by atoms with Crippen LogP contribution in [0, 0.1) is 11.8 Å². The van der Waals surface area contributed by atoms with E-state index >= 15 is 0 Å². The van der Waals surface area contributed by atoms with Gasteiger partial charge in [0, 0.05) is 19.6 Å². The van der Waals surface area contributed by atoms with E-state index < -0.39 is 0 Å². The van der Waals surface area contributed by atoms with Gasteiger partial charge in [-0.1, -0.05) is 66.2 Å². The van der Waals surface area contributed by atoms with E-state index in [2.05, 4.69) is 27.7 Å². The van der Waals surface area contributed by atoms with E-state index in [0.29, 0.717) is 77.5 Å². The molecule has 0 amide bonds. The van der Waals surface area contributed by atoms with Crippen LogP contribution in [-0.4, -0.2) is 65.4 Å². The van der Waals surface area contributed by atoms with Crippen molar-refractivity contribution in [2.45, 2.75) is 98.3 Å². The zero-order valence-electron chi connectivity index (χ0n) is 22.2. The maximum absolute atomic E-state index is 12.0. The fraction of sp³-hybridized carbons (Fsp3) is 0.963. The lowest BCUT2D eigenvalue weighted by molar-refractivity contribution is -0.145. The van der Waals surface area contributed by atoms with Crippen molar-refractivity contribution in [1.82, 2.24) is 0 Å². The molecule has 0 aromatic carbocycles. The van der Waals surface area contributed by atoms with E-state index in [-0.39, 0.29) is 5.97 Å². The summed E-state index contributed by atoms with van der Waals surface area (Å²) in [5, 5.41) is 0. The van der Waals surface area contributed by atoms with E-state index in [1.54, 1.807) is 0 Å². The molecule has 0 aromatic rings. The first-order valence-corrected chi connectivity index (χ1v) is 13.6. The molecule has 6 heteroatoms. The SMILES string of the molecule is CCCCCCC(CCCC)COC(=O)CCCOCCOCCOCCOCCC(C)C. The summed E-state index contributed by atoms with van der Waals surface area (Å²) in [5.41, 5.74) is 0. The third-order valence-electron chi connectivity index (χ3n) is 5.54. The van der Waals surface area contributed by atoms with Crippen LogP contribution in [0.1, 0.15) is 98.3 Å². The van der Waals surface area contributed by atoms with Crippen LogP contribution in [0.5, 0.6) is 0 Å². The summed E-state index contributed by atoms with van der Waals surface area (Å²) >= 11 is 0. The van der Waals surface area contributed by atoms with Gasteiger partial charge in [-0.15, -0.1) is 0 Å². The Balaban J connectivity index is 3.47. The molecule has 198 valence electrons. The highest BCUT2D eigenvalue weighted by Crippen LogP contribution is 2.18. The smallest absolute Gasteiger partial charge is 0.305 e. The van der Waals surface area contributed by atoms with E-state index in [1.807, 2.05) is 0 Å². The lowest BCUT2D eigenvalue weighted by Gasteiger charge is -2.16. The minimum absolute atomic E-state index is 0.102.